The van der Waals surface area contributed by atoms with Crippen molar-refractivity contribution in [3.05, 3.63) is 41.7 Å². The average Bonchev–Trinajstić information content (AvgIpc) is 2.99. The zero-order chi connectivity index (χ0) is 18.6. The minimum atomic E-state index is -1.16. The Bertz CT molecular complexity index is 664. The summed E-state index contributed by atoms with van der Waals surface area (Å²) >= 11 is -1.16. The SMILES string of the molecule is COc1ccc(Cn2cc(C(N[S+]([O-])C(C)(C)C)C(C)C)nn2)cc1. The molecule has 0 aliphatic rings. The Morgan fingerprint density at radius 1 is 1.24 bits per heavy atom. The van der Waals surface area contributed by atoms with Gasteiger partial charge in [0.1, 0.15) is 22.2 Å². The van der Waals surface area contributed by atoms with Gasteiger partial charge in [0, 0.05) is 11.4 Å². The number of nitrogens with one attached hydrogen (secondary N) is 1. The lowest BCUT2D eigenvalue weighted by atomic mass is 10.0. The number of nitrogens with zero attached hydrogens (tertiary/aromatic N) is 3. The van der Waals surface area contributed by atoms with E-state index in [1.165, 1.54) is 0 Å². The minimum absolute atomic E-state index is 0.107. The third kappa shape index (κ3) is 5.45. The van der Waals surface area contributed by atoms with E-state index in [-0.39, 0.29) is 16.7 Å². The van der Waals surface area contributed by atoms with Crippen molar-refractivity contribution in [2.45, 2.75) is 52.0 Å². The van der Waals surface area contributed by atoms with Crippen LogP contribution in [0.1, 0.15) is 51.9 Å². The lowest BCUT2D eigenvalue weighted by Gasteiger charge is -2.28. The quantitative estimate of drug-likeness (QED) is 0.764. The fourth-order valence-corrected chi connectivity index (χ4v) is 3.26. The number of rotatable bonds is 7. The summed E-state index contributed by atoms with van der Waals surface area (Å²) in [6.45, 7) is 10.7. The highest BCUT2D eigenvalue weighted by molar-refractivity contribution is 7.90. The smallest absolute Gasteiger partial charge is 0.136 e. The molecular formula is C18H28N4O2S. The van der Waals surface area contributed by atoms with Crippen LogP contribution in [-0.2, 0) is 17.9 Å². The van der Waals surface area contributed by atoms with Crippen molar-refractivity contribution in [2.75, 3.05) is 7.11 Å². The van der Waals surface area contributed by atoms with E-state index in [0.717, 1.165) is 17.0 Å². The highest BCUT2D eigenvalue weighted by Crippen LogP contribution is 2.24. The Labute approximate surface area is 153 Å². The van der Waals surface area contributed by atoms with E-state index in [4.69, 9.17) is 4.74 Å². The molecule has 2 aromatic rings. The third-order valence-electron chi connectivity index (χ3n) is 3.84. The largest absolute Gasteiger partial charge is 0.598 e. The van der Waals surface area contributed by atoms with Crippen molar-refractivity contribution in [1.82, 2.24) is 19.7 Å². The summed E-state index contributed by atoms with van der Waals surface area (Å²) in [5.41, 5.74) is 1.92. The Morgan fingerprint density at radius 2 is 1.88 bits per heavy atom. The van der Waals surface area contributed by atoms with E-state index in [9.17, 15) is 4.55 Å². The fourth-order valence-electron chi connectivity index (χ4n) is 2.28. The maximum atomic E-state index is 12.4. The molecule has 0 amide bonds. The number of ether oxygens (including phenoxy) is 1. The van der Waals surface area contributed by atoms with Crippen LogP contribution in [0.5, 0.6) is 5.75 Å². The first-order chi connectivity index (χ1) is 11.7. The van der Waals surface area contributed by atoms with Crippen LogP contribution in [-0.4, -0.2) is 31.4 Å². The van der Waals surface area contributed by atoms with Gasteiger partial charge in [-0.3, -0.25) is 0 Å². The highest BCUT2D eigenvalue weighted by Gasteiger charge is 2.32. The maximum Gasteiger partial charge on any atom is 0.136 e. The molecule has 0 aliphatic heterocycles. The first-order valence-corrected chi connectivity index (χ1v) is 9.56. The van der Waals surface area contributed by atoms with Gasteiger partial charge in [-0.1, -0.05) is 31.2 Å². The molecule has 0 saturated heterocycles. The van der Waals surface area contributed by atoms with Crippen LogP contribution in [0.25, 0.3) is 0 Å². The molecule has 7 heteroatoms. The van der Waals surface area contributed by atoms with Gasteiger partial charge in [0.2, 0.25) is 0 Å². The summed E-state index contributed by atoms with van der Waals surface area (Å²) in [4.78, 5) is 0. The van der Waals surface area contributed by atoms with Gasteiger partial charge in [-0.25, -0.2) is 4.68 Å². The predicted octanol–water partition coefficient (Wildman–Crippen LogP) is 3.08. The van der Waals surface area contributed by atoms with Crippen LogP contribution in [0.4, 0.5) is 0 Å². The molecule has 0 saturated carbocycles. The number of benzene rings is 1. The van der Waals surface area contributed by atoms with Gasteiger partial charge in [0.05, 0.1) is 19.9 Å². The first kappa shape index (κ1) is 19.8. The molecule has 6 nitrogen and oxygen atoms in total. The Hall–Kier alpha value is -1.57. The molecule has 1 aromatic heterocycles. The van der Waals surface area contributed by atoms with Crippen molar-refractivity contribution in [2.24, 2.45) is 5.92 Å². The zero-order valence-corrected chi connectivity index (χ0v) is 16.6. The molecule has 138 valence electrons. The van der Waals surface area contributed by atoms with E-state index in [2.05, 4.69) is 28.9 Å². The molecule has 1 heterocycles. The Balaban J connectivity index is 2.10. The fraction of sp³-hybridized carbons (Fsp3) is 0.556. The molecule has 25 heavy (non-hydrogen) atoms. The highest BCUT2D eigenvalue weighted by atomic mass is 32.2. The van der Waals surface area contributed by atoms with Crippen molar-refractivity contribution in [1.29, 1.82) is 0 Å². The van der Waals surface area contributed by atoms with Crippen molar-refractivity contribution >= 4 is 11.4 Å². The van der Waals surface area contributed by atoms with Crippen molar-refractivity contribution in [3.8, 4) is 5.75 Å². The molecule has 0 fully saturated rings. The van der Waals surface area contributed by atoms with Crippen LogP contribution in [0.3, 0.4) is 0 Å². The number of hydrogen-bond acceptors (Lipinski definition) is 5. The van der Waals surface area contributed by atoms with E-state index in [1.807, 2.05) is 51.2 Å². The molecule has 1 aromatic carbocycles. The summed E-state index contributed by atoms with van der Waals surface area (Å²) < 4.78 is 22.3. The molecule has 0 spiro atoms. The van der Waals surface area contributed by atoms with E-state index in [1.54, 1.807) is 11.8 Å². The van der Waals surface area contributed by atoms with Crippen LogP contribution in [0, 0.1) is 5.92 Å². The molecular weight excluding hydrogens is 336 g/mol. The van der Waals surface area contributed by atoms with Gasteiger partial charge in [-0.15, -0.1) is 9.82 Å². The number of hydrogen-bond donors (Lipinski definition) is 1. The average molecular weight is 365 g/mol. The van der Waals surface area contributed by atoms with Crippen LogP contribution in [0.15, 0.2) is 30.5 Å². The van der Waals surface area contributed by atoms with E-state index < -0.39 is 11.4 Å². The second kappa shape index (κ2) is 8.21. The van der Waals surface area contributed by atoms with Gasteiger partial charge < -0.3 is 9.29 Å². The summed E-state index contributed by atoms with van der Waals surface area (Å²) in [5.74, 6) is 1.08. The predicted molar refractivity (Wildman–Crippen MR) is 101 cm³/mol. The van der Waals surface area contributed by atoms with Crippen LogP contribution >= 0.6 is 0 Å². The molecule has 0 aliphatic carbocycles. The zero-order valence-electron chi connectivity index (χ0n) is 15.8. The van der Waals surface area contributed by atoms with E-state index >= 15 is 0 Å². The van der Waals surface area contributed by atoms with Gasteiger partial charge in [-0.2, -0.15) is 0 Å². The summed E-state index contributed by atoms with van der Waals surface area (Å²) in [6.07, 6.45) is 1.92. The molecule has 0 radical (unpaired) electrons. The number of aromatic nitrogens is 3. The normalized spacial score (nSPS) is 14.6. The second-order valence-corrected chi connectivity index (χ2v) is 9.41. The monoisotopic (exact) mass is 364 g/mol. The van der Waals surface area contributed by atoms with E-state index in [0.29, 0.717) is 6.54 Å². The minimum Gasteiger partial charge on any atom is -0.598 e. The number of methoxy groups -OCH3 is 1. The molecule has 2 rings (SSSR count). The molecule has 2 unspecified atom stereocenters. The molecule has 2 atom stereocenters. The Kier molecular flexibility index (Phi) is 6.48. The maximum absolute atomic E-state index is 12.4. The molecule has 1 N–H and O–H groups in total. The lowest BCUT2D eigenvalue weighted by Crippen LogP contribution is -2.42. The summed E-state index contributed by atoms with van der Waals surface area (Å²) in [6, 6.07) is 7.76. The topological polar surface area (TPSA) is 75.0 Å². The third-order valence-corrected chi connectivity index (χ3v) is 5.42. The van der Waals surface area contributed by atoms with Gasteiger partial charge in [0.25, 0.3) is 0 Å². The lowest BCUT2D eigenvalue weighted by molar-refractivity contribution is 0.414. The molecule has 0 bridgehead atoms. The Morgan fingerprint density at radius 3 is 2.40 bits per heavy atom. The van der Waals surface area contributed by atoms with Crippen molar-refractivity contribution in [3.63, 3.8) is 0 Å². The van der Waals surface area contributed by atoms with Crippen LogP contribution in [0.2, 0.25) is 0 Å². The van der Waals surface area contributed by atoms with Gasteiger partial charge in [0.15, 0.2) is 0 Å². The summed E-state index contributed by atoms with van der Waals surface area (Å²) in [7, 11) is 1.65. The summed E-state index contributed by atoms with van der Waals surface area (Å²) in [5, 5.41) is 8.52. The van der Waals surface area contributed by atoms with Crippen molar-refractivity contribution < 1.29 is 9.29 Å². The first-order valence-electron chi connectivity index (χ1n) is 8.41. The van der Waals surface area contributed by atoms with Gasteiger partial charge in [-0.05, 0) is 44.4 Å². The second-order valence-electron chi connectivity index (χ2n) is 7.41. The van der Waals surface area contributed by atoms with Crippen LogP contribution < -0.4 is 9.46 Å². The standard InChI is InChI=1S/C18H28N4O2S/c1-13(2)17(20-25(23)18(3,4)5)16-12-22(21-19-16)11-14-7-9-15(24-6)10-8-14/h7-10,12-13,17,20H,11H2,1-6H3. The van der Waals surface area contributed by atoms with Gasteiger partial charge >= 0.3 is 0 Å².